The van der Waals surface area contributed by atoms with Gasteiger partial charge in [-0.15, -0.1) is 0 Å². The number of carbonyl (C=O) groups is 1. The summed E-state index contributed by atoms with van der Waals surface area (Å²) < 4.78 is 0. The number of nitrogens with zero attached hydrogens (tertiary/aromatic N) is 2. The van der Waals surface area contributed by atoms with E-state index in [-0.39, 0.29) is 5.92 Å². The number of carboxylic acid groups (broad SMARTS) is 1. The number of anilines is 1. The maximum atomic E-state index is 10.9. The third-order valence-corrected chi connectivity index (χ3v) is 3.85. The van der Waals surface area contributed by atoms with Gasteiger partial charge in [0.15, 0.2) is 0 Å². The van der Waals surface area contributed by atoms with E-state index in [1.807, 2.05) is 6.92 Å². The third-order valence-electron chi connectivity index (χ3n) is 3.85. The molecule has 20 heavy (non-hydrogen) atoms. The zero-order chi connectivity index (χ0) is 14.5. The molecule has 1 aliphatic carbocycles. The summed E-state index contributed by atoms with van der Waals surface area (Å²) in [7, 11) is 0. The van der Waals surface area contributed by atoms with Gasteiger partial charge in [0, 0.05) is 12.2 Å². The Morgan fingerprint density at radius 1 is 1.45 bits per heavy atom. The van der Waals surface area contributed by atoms with E-state index in [4.69, 9.17) is 10.4 Å². The largest absolute Gasteiger partial charge is 0.481 e. The molecule has 1 saturated carbocycles. The fourth-order valence-corrected chi connectivity index (χ4v) is 2.69. The maximum Gasteiger partial charge on any atom is 0.306 e. The molecule has 5 nitrogen and oxygen atoms in total. The standard InChI is InChI=1S/C15H19N3O2/c1-10-6-12(8-16)7-14(18-10)17-9-11-2-4-13(5-3-11)15(19)20/h6-7,11,13H,2-5,9H2,1H3,(H,17,18)(H,19,20). The predicted molar refractivity (Wildman–Crippen MR) is 75.3 cm³/mol. The molecule has 1 aromatic heterocycles. The van der Waals surface area contributed by atoms with Crippen molar-refractivity contribution in [2.45, 2.75) is 32.6 Å². The Labute approximate surface area is 118 Å². The second-order valence-electron chi connectivity index (χ2n) is 5.43. The number of aryl methyl sites for hydroxylation is 1. The molecule has 106 valence electrons. The Hall–Kier alpha value is -2.09. The Balaban J connectivity index is 1.86. The van der Waals surface area contributed by atoms with Crippen molar-refractivity contribution in [3.63, 3.8) is 0 Å². The van der Waals surface area contributed by atoms with Gasteiger partial charge in [-0.05, 0) is 50.7 Å². The first kappa shape index (κ1) is 14.3. The fraction of sp³-hybridized carbons (Fsp3) is 0.533. The highest BCUT2D eigenvalue weighted by atomic mass is 16.4. The summed E-state index contributed by atoms with van der Waals surface area (Å²) in [5.74, 6) is 0.365. The van der Waals surface area contributed by atoms with E-state index < -0.39 is 5.97 Å². The fourth-order valence-electron chi connectivity index (χ4n) is 2.69. The van der Waals surface area contributed by atoms with E-state index in [0.29, 0.717) is 11.5 Å². The van der Waals surface area contributed by atoms with Crippen molar-refractivity contribution >= 4 is 11.8 Å². The van der Waals surface area contributed by atoms with Crippen LogP contribution in [0.2, 0.25) is 0 Å². The maximum absolute atomic E-state index is 10.9. The molecular formula is C15H19N3O2. The zero-order valence-electron chi connectivity index (χ0n) is 11.6. The molecule has 1 aromatic rings. The lowest BCUT2D eigenvalue weighted by Gasteiger charge is -2.26. The van der Waals surface area contributed by atoms with Gasteiger partial charge >= 0.3 is 5.97 Å². The molecule has 0 atom stereocenters. The van der Waals surface area contributed by atoms with Gasteiger partial charge in [0.05, 0.1) is 17.6 Å². The number of nitriles is 1. The highest BCUT2D eigenvalue weighted by Crippen LogP contribution is 2.29. The molecule has 0 radical (unpaired) electrons. The van der Waals surface area contributed by atoms with Gasteiger partial charge < -0.3 is 10.4 Å². The van der Waals surface area contributed by atoms with Crippen molar-refractivity contribution < 1.29 is 9.90 Å². The number of hydrogen-bond acceptors (Lipinski definition) is 4. The molecular weight excluding hydrogens is 254 g/mol. The molecule has 1 aliphatic rings. The quantitative estimate of drug-likeness (QED) is 0.880. The lowest BCUT2D eigenvalue weighted by Crippen LogP contribution is -2.25. The van der Waals surface area contributed by atoms with E-state index in [1.165, 1.54) is 0 Å². The Bertz CT molecular complexity index is 528. The van der Waals surface area contributed by atoms with Crippen molar-refractivity contribution in [3.8, 4) is 6.07 Å². The van der Waals surface area contributed by atoms with Crippen LogP contribution in [0.15, 0.2) is 12.1 Å². The molecule has 1 heterocycles. The van der Waals surface area contributed by atoms with Gasteiger partial charge in [0.1, 0.15) is 5.82 Å². The monoisotopic (exact) mass is 273 g/mol. The van der Waals surface area contributed by atoms with Gasteiger partial charge in [0.2, 0.25) is 0 Å². The van der Waals surface area contributed by atoms with Gasteiger partial charge in [0.25, 0.3) is 0 Å². The van der Waals surface area contributed by atoms with E-state index in [1.54, 1.807) is 12.1 Å². The second kappa shape index (κ2) is 6.38. The summed E-state index contributed by atoms with van der Waals surface area (Å²) in [6.45, 7) is 2.65. The number of aliphatic carboxylic acids is 1. The minimum Gasteiger partial charge on any atom is -0.481 e. The van der Waals surface area contributed by atoms with Crippen molar-refractivity contribution in [3.05, 3.63) is 23.4 Å². The van der Waals surface area contributed by atoms with Crippen LogP contribution in [0, 0.1) is 30.1 Å². The predicted octanol–water partition coefficient (Wildman–Crippen LogP) is 2.56. The van der Waals surface area contributed by atoms with Crippen molar-refractivity contribution in [2.24, 2.45) is 11.8 Å². The third kappa shape index (κ3) is 3.70. The molecule has 0 aromatic carbocycles. The van der Waals surface area contributed by atoms with Gasteiger partial charge in [-0.1, -0.05) is 0 Å². The minimum atomic E-state index is -0.671. The summed E-state index contributed by atoms with van der Waals surface area (Å²) in [5, 5.41) is 21.2. The molecule has 0 bridgehead atoms. The Morgan fingerprint density at radius 3 is 2.75 bits per heavy atom. The number of nitrogens with one attached hydrogen (secondary N) is 1. The van der Waals surface area contributed by atoms with E-state index in [2.05, 4.69) is 16.4 Å². The smallest absolute Gasteiger partial charge is 0.306 e. The number of carboxylic acids is 1. The summed E-state index contributed by atoms with van der Waals surface area (Å²) in [5.41, 5.74) is 1.43. The van der Waals surface area contributed by atoms with Gasteiger partial charge in [-0.2, -0.15) is 5.26 Å². The molecule has 1 fully saturated rings. The summed E-state index contributed by atoms with van der Waals surface area (Å²) in [6.07, 6.45) is 3.38. The first-order chi connectivity index (χ1) is 9.58. The molecule has 2 N–H and O–H groups in total. The van der Waals surface area contributed by atoms with Crippen LogP contribution in [-0.4, -0.2) is 22.6 Å². The van der Waals surface area contributed by atoms with Crippen molar-refractivity contribution in [2.75, 3.05) is 11.9 Å². The van der Waals surface area contributed by atoms with E-state index in [9.17, 15) is 4.79 Å². The topological polar surface area (TPSA) is 86.0 Å². The molecule has 0 aliphatic heterocycles. The number of aromatic nitrogens is 1. The molecule has 0 amide bonds. The van der Waals surface area contributed by atoms with Crippen LogP contribution in [0.5, 0.6) is 0 Å². The van der Waals surface area contributed by atoms with Gasteiger partial charge in [-0.3, -0.25) is 4.79 Å². The number of hydrogen-bond donors (Lipinski definition) is 2. The first-order valence-electron chi connectivity index (χ1n) is 6.94. The van der Waals surface area contributed by atoms with Crippen LogP contribution < -0.4 is 5.32 Å². The normalized spacial score (nSPS) is 22.0. The van der Waals surface area contributed by atoms with Crippen LogP contribution in [-0.2, 0) is 4.79 Å². The van der Waals surface area contributed by atoms with Crippen LogP contribution in [0.3, 0.4) is 0 Å². The summed E-state index contributed by atoms with van der Waals surface area (Å²) >= 11 is 0. The van der Waals surface area contributed by atoms with Crippen LogP contribution in [0.1, 0.15) is 36.9 Å². The summed E-state index contributed by atoms with van der Waals surface area (Å²) in [4.78, 5) is 15.2. The number of pyridine rings is 1. The van der Waals surface area contributed by atoms with Crippen molar-refractivity contribution in [1.82, 2.24) is 4.98 Å². The van der Waals surface area contributed by atoms with Crippen LogP contribution >= 0.6 is 0 Å². The van der Waals surface area contributed by atoms with Crippen LogP contribution in [0.4, 0.5) is 5.82 Å². The van der Waals surface area contributed by atoms with E-state index >= 15 is 0 Å². The molecule has 0 spiro atoms. The first-order valence-corrected chi connectivity index (χ1v) is 6.94. The molecule has 5 heteroatoms. The van der Waals surface area contributed by atoms with Gasteiger partial charge in [-0.25, -0.2) is 4.98 Å². The molecule has 0 saturated heterocycles. The Kier molecular flexibility index (Phi) is 4.57. The van der Waals surface area contributed by atoms with Crippen LogP contribution in [0.25, 0.3) is 0 Å². The highest BCUT2D eigenvalue weighted by molar-refractivity contribution is 5.70. The SMILES string of the molecule is Cc1cc(C#N)cc(NCC2CCC(C(=O)O)CC2)n1. The average molecular weight is 273 g/mol. The zero-order valence-corrected chi connectivity index (χ0v) is 11.6. The lowest BCUT2D eigenvalue weighted by atomic mass is 9.82. The average Bonchev–Trinajstić information content (AvgIpc) is 2.45. The lowest BCUT2D eigenvalue weighted by molar-refractivity contribution is -0.143. The van der Waals surface area contributed by atoms with E-state index in [0.717, 1.165) is 43.7 Å². The molecule has 0 unspecified atom stereocenters. The highest BCUT2D eigenvalue weighted by Gasteiger charge is 2.25. The second-order valence-corrected chi connectivity index (χ2v) is 5.43. The minimum absolute atomic E-state index is 0.173. The summed E-state index contributed by atoms with van der Waals surface area (Å²) in [6, 6.07) is 5.62. The Morgan fingerprint density at radius 2 is 2.15 bits per heavy atom. The number of rotatable bonds is 4. The molecule has 2 rings (SSSR count). The van der Waals surface area contributed by atoms with Crippen molar-refractivity contribution in [1.29, 1.82) is 5.26 Å².